The molecule has 3 aromatic rings. The molecule has 10 nitrogen and oxygen atoms in total. The molecule has 2 amide bonds. The Morgan fingerprint density at radius 3 is 2.41 bits per heavy atom. The molecule has 0 fully saturated rings. The number of guanidine groups is 1. The van der Waals surface area contributed by atoms with Crippen molar-refractivity contribution < 1.29 is 23.6 Å². The highest BCUT2D eigenvalue weighted by Gasteiger charge is 2.24. The number of rotatable bonds is 5. The van der Waals surface area contributed by atoms with Gasteiger partial charge in [-0.1, -0.05) is 22.8 Å². The number of aryl methyl sites for hydroxylation is 2. The number of hydrogen-bond acceptors (Lipinski definition) is 8. The summed E-state index contributed by atoms with van der Waals surface area (Å²) in [5.41, 5.74) is 8.32. The molecule has 1 heterocycles. The van der Waals surface area contributed by atoms with Crippen LogP contribution in [0.15, 0.2) is 45.9 Å². The molecule has 37 heavy (non-hydrogen) atoms. The number of alkyl carbamates (subject to hydrolysis) is 1. The SMILES string of the molecule is COc1ccc(-c2noc(C)c2C(=O)NC(=NCc2cc(C)c(N)c(Cl)c2)NC(=O)OC(C)(C)C)cc1. The molecule has 11 heteroatoms. The van der Waals surface area contributed by atoms with Gasteiger partial charge in [0.25, 0.3) is 5.91 Å². The van der Waals surface area contributed by atoms with Crippen LogP contribution in [-0.4, -0.2) is 35.8 Å². The van der Waals surface area contributed by atoms with Crippen LogP contribution in [0.1, 0.15) is 48.0 Å². The molecule has 0 aliphatic heterocycles. The van der Waals surface area contributed by atoms with Gasteiger partial charge in [-0.15, -0.1) is 0 Å². The first-order valence-corrected chi connectivity index (χ1v) is 11.8. The van der Waals surface area contributed by atoms with E-state index >= 15 is 0 Å². The van der Waals surface area contributed by atoms with Gasteiger partial charge in [0, 0.05) is 5.56 Å². The van der Waals surface area contributed by atoms with Gasteiger partial charge in [0.1, 0.15) is 28.4 Å². The molecule has 0 atom stereocenters. The minimum absolute atomic E-state index is 0.0974. The highest BCUT2D eigenvalue weighted by molar-refractivity contribution is 6.33. The van der Waals surface area contributed by atoms with Gasteiger partial charge in [0.2, 0.25) is 5.96 Å². The lowest BCUT2D eigenvalue weighted by molar-refractivity contribution is 0.0561. The van der Waals surface area contributed by atoms with Crippen molar-refractivity contribution in [3.05, 3.63) is 63.9 Å². The van der Waals surface area contributed by atoms with E-state index in [9.17, 15) is 9.59 Å². The molecule has 0 radical (unpaired) electrons. The molecule has 0 saturated carbocycles. The molecule has 4 N–H and O–H groups in total. The van der Waals surface area contributed by atoms with Crippen LogP contribution in [0.25, 0.3) is 11.3 Å². The quantitative estimate of drug-likeness (QED) is 0.240. The number of nitrogens with one attached hydrogen (secondary N) is 2. The standard InChI is InChI=1S/C26H30ClN5O5/c1-14-11-16(12-19(27)21(14)28)13-29-24(31-25(34)36-26(3,4)5)30-23(33)20-15(2)37-32-22(20)17-7-9-18(35-6)10-8-17/h7-12H,13,28H2,1-6H3,(H2,29,30,31,33,34). The maximum absolute atomic E-state index is 13.3. The van der Waals surface area contributed by atoms with E-state index in [0.29, 0.717) is 33.5 Å². The zero-order valence-corrected chi connectivity index (χ0v) is 22.3. The summed E-state index contributed by atoms with van der Waals surface area (Å²) in [7, 11) is 1.56. The Morgan fingerprint density at radius 1 is 1.14 bits per heavy atom. The number of benzene rings is 2. The van der Waals surface area contributed by atoms with E-state index in [0.717, 1.165) is 11.1 Å². The third-order valence-electron chi connectivity index (χ3n) is 5.12. The van der Waals surface area contributed by atoms with Crippen molar-refractivity contribution in [2.24, 2.45) is 4.99 Å². The smallest absolute Gasteiger partial charge is 0.414 e. The fourth-order valence-corrected chi connectivity index (χ4v) is 3.64. The summed E-state index contributed by atoms with van der Waals surface area (Å²) in [6.45, 7) is 8.71. The number of nitrogen functional groups attached to an aromatic ring is 1. The van der Waals surface area contributed by atoms with E-state index in [-0.39, 0.29) is 18.1 Å². The molecule has 3 rings (SSSR count). The molecular formula is C26H30ClN5O5. The van der Waals surface area contributed by atoms with Crippen molar-refractivity contribution >= 4 is 35.2 Å². The number of carbonyl (C=O) groups is 2. The number of aliphatic imine (C=N–C) groups is 1. The summed E-state index contributed by atoms with van der Waals surface area (Å²) in [4.78, 5) is 30.2. The summed E-state index contributed by atoms with van der Waals surface area (Å²) in [5.74, 6) is 0.252. The Labute approximate surface area is 220 Å². The molecule has 0 aliphatic carbocycles. The summed E-state index contributed by atoms with van der Waals surface area (Å²) in [6.07, 6.45) is -0.782. The van der Waals surface area contributed by atoms with Crippen LogP contribution in [0, 0.1) is 13.8 Å². The molecule has 196 valence electrons. The first-order chi connectivity index (χ1) is 17.4. The number of amides is 2. The zero-order valence-electron chi connectivity index (χ0n) is 21.6. The minimum atomic E-state index is -0.782. The number of hydrogen-bond donors (Lipinski definition) is 3. The molecule has 0 saturated heterocycles. The van der Waals surface area contributed by atoms with Gasteiger partial charge in [-0.2, -0.15) is 0 Å². The first kappa shape index (κ1) is 27.5. The van der Waals surface area contributed by atoms with Crippen molar-refractivity contribution in [1.82, 2.24) is 15.8 Å². The second kappa shape index (κ2) is 11.3. The summed E-state index contributed by atoms with van der Waals surface area (Å²) in [6, 6.07) is 10.5. The average Bonchev–Trinajstić information content (AvgIpc) is 3.21. The van der Waals surface area contributed by atoms with Crippen molar-refractivity contribution in [2.45, 2.75) is 46.8 Å². The second-order valence-corrected chi connectivity index (χ2v) is 9.65. The number of carbonyl (C=O) groups excluding carboxylic acids is 2. The van der Waals surface area contributed by atoms with E-state index < -0.39 is 17.6 Å². The van der Waals surface area contributed by atoms with Crippen LogP contribution in [0.3, 0.4) is 0 Å². The van der Waals surface area contributed by atoms with E-state index in [1.165, 1.54) is 0 Å². The Bertz CT molecular complexity index is 1300. The number of methoxy groups -OCH3 is 1. The molecule has 1 aromatic heterocycles. The number of nitrogens with zero attached hydrogens (tertiary/aromatic N) is 2. The third kappa shape index (κ3) is 7.23. The number of nitrogens with two attached hydrogens (primary N) is 1. The van der Waals surface area contributed by atoms with Crippen LogP contribution < -0.4 is 21.1 Å². The minimum Gasteiger partial charge on any atom is -0.497 e. The number of halogens is 1. The second-order valence-electron chi connectivity index (χ2n) is 9.24. The fourth-order valence-electron chi connectivity index (χ4n) is 3.35. The van der Waals surface area contributed by atoms with Crippen molar-refractivity contribution in [3.8, 4) is 17.0 Å². The van der Waals surface area contributed by atoms with Crippen molar-refractivity contribution in [3.63, 3.8) is 0 Å². The van der Waals surface area contributed by atoms with Gasteiger partial charge in [-0.05, 0) is 76.1 Å². The van der Waals surface area contributed by atoms with Crippen LogP contribution in [0.2, 0.25) is 5.02 Å². The Kier molecular flexibility index (Phi) is 8.44. The van der Waals surface area contributed by atoms with Crippen LogP contribution >= 0.6 is 11.6 Å². The van der Waals surface area contributed by atoms with Gasteiger partial charge >= 0.3 is 6.09 Å². The lowest BCUT2D eigenvalue weighted by Gasteiger charge is -2.20. The topological polar surface area (TPSA) is 141 Å². The Morgan fingerprint density at radius 2 is 1.81 bits per heavy atom. The molecule has 0 spiro atoms. The predicted octanol–water partition coefficient (Wildman–Crippen LogP) is 5.01. The first-order valence-electron chi connectivity index (χ1n) is 11.4. The van der Waals surface area contributed by atoms with Gasteiger partial charge in [0.15, 0.2) is 0 Å². The van der Waals surface area contributed by atoms with Crippen molar-refractivity contribution in [2.75, 3.05) is 12.8 Å². The average molecular weight is 528 g/mol. The fraction of sp³-hybridized carbons (Fsp3) is 0.308. The lowest BCUT2D eigenvalue weighted by Crippen LogP contribution is -2.46. The monoisotopic (exact) mass is 527 g/mol. The molecule has 2 aromatic carbocycles. The molecule has 0 unspecified atom stereocenters. The molecular weight excluding hydrogens is 498 g/mol. The third-order valence-corrected chi connectivity index (χ3v) is 5.43. The van der Waals surface area contributed by atoms with Crippen LogP contribution in [-0.2, 0) is 11.3 Å². The highest BCUT2D eigenvalue weighted by Crippen LogP contribution is 2.27. The molecule has 0 aliphatic rings. The Hall–Kier alpha value is -4.05. The summed E-state index contributed by atoms with van der Waals surface area (Å²) >= 11 is 6.20. The predicted molar refractivity (Wildman–Crippen MR) is 142 cm³/mol. The normalized spacial score (nSPS) is 11.7. The zero-order chi connectivity index (χ0) is 27.3. The van der Waals surface area contributed by atoms with E-state index in [1.807, 2.05) is 13.0 Å². The maximum atomic E-state index is 13.3. The highest BCUT2D eigenvalue weighted by atomic mass is 35.5. The van der Waals surface area contributed by atoms with E-state index in [2.05, 4.69) is 20.8 Å². The number of anilines is 1. The van der Waals surface area contributed by atoms with E-state index in [1.54, 1.807) is 65.1 Å². The van der Waals surface area contributed by atoms with Gasteiger partial charge < -0.3 is 19.7 Å². The van der Waals surface area contributed by atoms with Gasteiger partial charge in [0.05, 0.1) is 24.4 Å². The van der Waals surface area contributed by atoms with E-state index in [4.69, 9.17) is 31.3 Å². The maximum Gasteiger partial charge on any atom is 0.414 e. The number of ether oxygens (including phenoxy) is 2. The van der Waals surface area contributed by atoms with Crippen LogP contribution in [0.4, 0.5) is 10.5 Å². The summed E-state index contributed by atoms with van der Waals surface area (Å²) < 4.78 is 15.8. The van der Waals surface area contributed by atoms with Crippen LogP contribution in [0.5, 0.6) is 5.75 Å². The van der Waals surface area contributed by atoms with Gasteiger partial charge in [-0.3, -0.25) is 15.4 Å². The number of aromatic nitrogens is 1. The largest absolute Gasteiger partial charge is 0.497 e. The molecule has 0 bridgehead atoms. The lowest BCUT2D eigenvalue weighted by atomic mass is 10.1. The van der Waals surface area contributed by atoms with Gasteiger partial charge in [-0.25, -0.2) is 9.79 Å². The summed E-state index contributed by atoms with van der Waals surface area (Å²) in [5, 5.41) is 9.57. The Balaban J connectivity index is 1.90. The van der Waals surface area contributed by atoms with Crippen molar-refractivity contribution in [1.29, 1.82) is 0 Å².